The van der Waals surface area contributed by atoms with Crippen molar-refractivity contribution in [2.75, 3.05) is 5.32 Å². The Labute approximate surface area is 120 Å². The van der Waals surface area contributed by atoms with Gasteiger partial charge in [-0.1, -0.05) is 6.07 Å². The second kappa shape index (κ2) is 6.33. The predicted octanol–water partition coefficient (Wildman–Crippen LogP) is 2.14. The number of benzene rings is 1. The molecule has 1 aromatic carbocycles. The molecule has 0 spiro atoms. The first-order valence-electron chi connectivity index (χ1n) is 6.01. The minimum atomic E-state index is -1.15. The van der Waals surface area contributed by atoms with Gasteiger partial charge in [-0.3, -0.25) is 9.78 Å². The van der Waals surface area contributed by atoms with Crippen LogP contribution in [0.4, 0.5) is 5.69 Å². The first kappa shape index (κ1) is 14.3. The standard InChI is InChI=1S/C15H12N2O4/c18-13-8-11(15(20)21)4-5-12(13)17-14(19)6-3-10-2-1-7-16-9-10/h1-9,18H,(H,17,19)(H,20,21)/b6-3+. The Bertz CT molecular complexity index is 696. The van der Waals surface area contributed by atoms with Gasteiger partial charge >= 0.3 is 5.97 Å². The Morgan fingerprint density at radius 1 is 1.24 bits per heavy atom. The zero-order valence-corrected chi connectivity index (χ0v) is 10.9. The van der Waals surface area contributed by atoms with Crippen LogP contribution in [0.3, 0.4) is 0 Å². The second-order valence-electron chi connectivity index (χ2n) is 4.15. The number of carboxylic acid groups (broad SMARTS) is 1. The van der Waals surface area contributed by atoms with E-state index in [0.29, 0.717) is 0 Å². The molecule has 0 aliphatic carbocycles. The van der Waals surface area contributed by atoms with E-state index in [9.17, 15) is 14.7 Å². The van der Waals surface area contributed by atoms with Crippen LogP contribution in [-0.4, -0.2) is 27.1 Å². The summed E-state index contributed by atoms with van der Waals surface area (Å²) in [5.74, 6) is -1.91. The van der Waals surface area contributed by atoms with E-state index in [4.69, 9.17) is 5.11 Å². The number of hydrogen-bond donors (Lipinski definition) is 3. The Hall–Kier alpha value is -3.15. The number of carbonyl (C=O) groups is 2. The molecule has 0 radical (unpaired) electrons. The van der Waals surface area contributed by atoms with Gasteiger partial charge in [0, 0.05) is 18.5 Å². The number of carboxylic acids is 1. The number of carbonyl (C=O) groups excluding carboxylic acids is 1. The zero-order chi connectivity index (χ0) is 15.2. The fraction of sp³-hybridized carbons (Fsp3) is 0. The molecular formula is C15H12N2O4. The van der Waals surface area contributed by atoms with Gasteiger partial charge in [0.05, 0.1) is 11.3 Å². The molecule has 0 fully saturated rings. The molecule has 6 nitrogen and oxygen atoms in total. The number of rotatable bonds is 4. The van der Waals surface area contributed by atoms with Crippen LogP contribution < -0.4 is 5.32 Å². The molecule has 0 aliphatic rings. The molecule has 1 heterocycles. The molecule has 2 rings (SSSR count). The van der Waals surface area contributed by atoms with E-state index >= 15 is 0 Å². The molecule has 0 bridgehead atoms. The number of phenols is 1. The number of hydrogen-bond acceptors (Lipinski definition) is 4. The van der Waals surface area contributed by atoms with Crippen molar-refractivity contribution in [2.45, 2.75) is 0 Å². The summed E-state index contributed by atoms with van der Waals surface area (Å²) in [6.07, 6.45) is 6.09. The van der Waals surface area contributed by atoms with Crippen molar-refractivity contribution in [2.24, 2.45) is 0 Å². The number of aromatic nitrogens is 1. The molecule has 1 amide bonds. The molecule has 106 valence electrons. The van der Waals surface area contributed by atoms with Gasteiger partial charge in [0.1, 0.15) is 5.75 Å². The second-order valence-corrected chi connectivity index (χ2v) is 4.15. The quantitative estimate of drug-likeness (QED) is 0.590. The van der Waals surface area contributed by atoms with E-state index in [1.165, 1.54) is 18.2 Å². The molecule has 0 unspecified atom stereocenters. The lowest BCUT2D eigenvalue weighted by Crippen LogP contribution is -2.08. The summed E-state index contributed by atoms with van der Waals surface area (Å²) in [7, 11) is 0. The highest BCUT2D eigenvalue weighted by molar-refractivity contribution is 6.03. The highest BCUT2D eigenvalue weighted by atomic mass is 16.4. The molecule has 0 saturated carbocycles. The molecule has 0 saturated heterocycles. The van der Waals surface area contributed by atoms with Crippen LogP contribution >= 0.6 is 0 Å². The fourth-order valence-corrected chi connectivity index (χ4v) is 1.59. The number of nitrogens with one attached hydrogen (secondary N) is 1. The summed E-state index contributed by atoms with van der Waals surface area (Å²) in [5.41, 5.74) is 0.843. The van der Waals surface area contributed by atoms with Crippen molar-refractivity contribution < 1.29 is 19.8 Å². The molecule has 2 aromatic rings. The van der Waals surface area contributed by atoms with Crippen LogP contribution in [-0.2, 0) is 4.79 Å². The highest BCUT2D eigenvalue weighted by Gasteiger charge is 2.08. The van der Waals surface area contributed by atoms with Gasteiger partial charge in [-0.25, -0.2) is 4.79 Å². The van der Waals surface area contributed by atoms with Gasteiger partial charge < -0.3 is 15.5 Å². The lowest BCUT2D eigenvalue weighted by molar-refractivity contribution is -0.111. The van der Waals surface area contributed by atoms with Crippen molar-refractivity contribution in [1.82, 2.24) is 4.98 Å². The third-order valence-electron chi connectivity index (χ3n) is 2.61. The highest BCUT2D eigenvalue weighted by Crippen LogP contribution is 2.24. The topological polar surface area (TPSA) is 99.5 Å². The normalized spacial score (nSPS) is 10.5. The van der Waals surface area contributed by atoms with Crippen molar-refractivity contribution in [3.63, 3.8) is 0 Å². The molecule has 1 aromatic heterocycles. The van der Waals surface area contributed by atoms with Gasteiger partial charge in [-0.05, 0) is 35.9 Å². The van der Waals surface area contributed by atoms with E-state index in [2.05, 4.69) is 10.3 Å². The summed E-state index contributed by atoms with van der Waals surface area (Å²) in [4.78, 5) is 26.3. The molecule has 6 heteroatoms. The molecular weight excluding hydrogens is 272 g/mol. The van der Waals surface area contributed by atoms with Crippen molar-refractivity contribution >= 4 is 23.6 Å². The summed E-state index contributed by atoms with van der Waals surface area (Å²) < 4.78 is 0. The summed E-state index contributed by atoms with van der Waals surface area (Å²) in [6, 6.07) is 7.23. The van der Waals surface area contributed by atoms with Crippen LogP contribution in [0.1, 0.15) is 15.9 Å². The fourth-order valence-electron chi connectivity index (χ4n) is 1.59. The van der Waals surface area contributed by atoms with Gasteiger partial charge in [0.2, 0.25) is 5.91 Å². The van der Waals surface area contributed by atoms with Gasteiger partial charge in [-0.15, -0.1) is 0 Å². The molecule has 0 atom stereocenters. The van der Waals surface area contributed by atoms with E-state index in [-0.39, 0.29) is 17.0 Å². The maximum Gasteiger partial charge on any atom is 0.335 e. The molecule has 3 N–H and O–H groups in total. The van der Waals surface area contributed by atoms with Crippen molar-refractivity contribution in [3.05, 3.63) is 59.9 Å². The monoisotopic (exact) mass is 284 g/mol. The van der Waals surface area contributed by atoms with Crippen LogP contribution in [0.15, 0.2) is 48.8 Å². The van der Waals surface area contributed by atoms with E-state index in [1.807, 2.05) is 0 Å². The minimum absolute atomic E-state index is 0.0589. The Morgan fingerprint density at radius 2 is 2.05 bits per heavy atom. The summed E-state index contributed by atoms with van der Waals surface area (Å²) in [5, 5.41) is 20.9. The average Bonchev–Trinajstić information content (AvgIpc) is 2.48. The lowest BCUT2D eigenvalue weighted by atomic mass is 10.2. The zero-order valence-electron chi connectivity index (χ0n) is 10.9. The van der Waals surface area contributed by atoms with Crippen LogP contribution in [0, 0.1) is 0 Å². The van der Waals surface area contributed by atoms with Crippen molar-refractivity contribution in [1.29, 1.82) is 0 Å². The van der Waals surface area contributed by atoms with E-state index in [0.717, 1.165) is 11.6 Å². The summed E-state index contributed by atoms with van der Waals surface area (Å²) in [6.45, 7) is 0. The number of aromatic hydroxyl groups is 1. The SMILES string of the molecule is O=C(/C=C/c1cccnc1)Nc1ccc(C(=O)O)cc1O. The first-order valence-corrected chi connectivity index (χ1v) is 6.01. The molecule has 21 heavy (non-hydrogen) atoms. The number of phenolic OH excluding ortho intramolecular Hbond substituents is 1. The lowest BCUT2D eigenvalue weighted by Gasteiger charge is -2.05. The average molecular weight is 284 g/mol. The Morgan fingerprint density at radius 3 is 2.67 bits per heavy atom. The van der Waals surface area contributed by atoms with E-state index in [1.54, 1.807) is 30.6 Å². The van der Waals surface area contributed by atoms with Crippen LogP contribution in [0.5, 0.6) is 5.75 Å². The molecule has 0 aliphatic heterocycles. The van der Waals surface area contributed by atoms with E-state index < -0.39 is 11.9 Å². The van der Waals surface area contributed by atoms with Gasteiger partial charge in [0.15, 0.2) is 0 Å². The number of aromatic carboxylic acids is 1. The predicted molar refractivity (Wildman–Crippen MR) is 77.0 cm³/mol. The maximum atomic E-state index is 11.7. The van der Waals surface area contributed by atoms with Gasteiger partial charge in [0.25, 0.3) is 0 Å². The largest absolute Gasteiger partial charge is 0.506 e. The number of amides is 1. The number of nitrogens with zero attached hydrogens (tertiary/aromatic N) is 1. The minimum Gasteiger partial charge on any atom is -0.506 e. The Kier molecular flexibility index (Phi) is 4.30. The van der Waals surface area contributed by atoms with Crippen LogP contribution in [0.25, 0.3) is 6.08 Å². The summed E-state index contributed by atoms with van der Waals surface area (Å²) >= 11 is 0. The third kappa shape index (κ3) is 3.90. The maximum absolute atomic E-state index is 11.7. The first-order chi connectivity index (χ1) is 10.1. The third-order valence-corrected chi connectivity index (χ3v) is 2.61. The van der Waals surface area contributed by atoms with Crippen LogP contribution in [0.2, 0.25) is 0 Å². The smallest absolute Gasteiger partial charge is 0.335 e. The number of anilines is 1. The van der Waals surface area contributed by atoms with Crippen molar-refractivity contribution in [3.8, 4) is 5.75 Å². The number of pyridine rings is 1. The van der Waals surface area contributed by atoms with Gasteiger partial charge in [-0.2, -0.15) is 0 Å². The Balaban J connectivity index is 2.06.